The van der Waals surface area contributed by atoms with Crippen LogP contribution in [0.25, 0.3) is 0 Å². The molecule has 0 saturated heterocycles. The van der Waals surface area contributed by atoms with E-state index in [1.807, 2.05) is 0 Å². The maximum atomic E-state index is 11.3. The summed E-state index contributed by atoms with van der Waals surface area (Å²) in [6.45, 7) is 1.71. The Labute approximate surface area is 90.5 Å². The molecule has 0 fully saturated rings. The lowest BCUT2D eigenvalue weighted by Crippen LogP contribution is -2.40. The van der Waals surface area contributed by atoms with Gasteiger partial charge in [0.25, 0.3) is 10.2 Å². The second kappa shape index (κ2) is 6.04. The normalized spacial score (nSPS) is 14.1. The van der Waals surface area contributed by atoms with Gasteiger partial charge in [-0.25, -0.2) is 0 Å². The summed E-state index contributed by atoms with van der Waals surface area (Å²) < 4.78 is 26.2. The number of carboxylic acids is 1. The van der Waals surface area contributed by atoms with Crippen molar-refractivity contribution < 1.29 is 18.3 Å². The zero-order valence-corrected chi connectivity index (χ0v) is 10.0. The Morgan fingerprint density at radius 3 is 2.40 bits per heavy atom. The van der Waals surface area contributed by atoms with E-state index in [4.69, 9.17) is 5.11 Å². The standard InChI is InChI=1S/C8H18N2O4S/c1-7(5-4-6-8(11)12)9-15(13,14)10(2)3/h7,9H,4-6H2,1-3H3,(H,11,12). The predicted octanol–water partition coefficient (Wildman–Crippen LogP) is 0.0258. The van der Waals surface area contributed by atoms with Gasteiger partial charge in [0.1, 0.15) is 0 Å². The van der Waals surface area contributed by atoms with Crippen molar-refractivity contribution in [3.8, 4) is 0 Å². The number of hydrogen-bond acceptors (Lipinski definition) is 3. The zero-order valence-electron chi connectivity index (χ0n) is 9.23. The van der Waals surface area contributed by atoms with Crippen LogP contribution < -0.4 is 4.72 Å². The topological polar surface area (TPSA) is 86.7 Å². The molecule has 0 amide bonds. The Morgan fingerprint density at radius 2 is 2.00 bits per heavy atom. The van der Waals surface area contributed by atoms with Crippen LogP contribution in [-0.4, -0.2) is 43.9 Å². The van der Waals surface area contributed by atoms with Gasteiger partial charge in [0.2, 0.25) is 0 Å². The molecule has 0 saturated carbocycles. The van der Waals surface area contributed by atoms with Crippen molar-refractivity contribution in [3.05, 3.63) is 0 Å². The van der Waals surface area contributed by atoms with E-state index < -0.39 is 16.2 Å². The van der Waals surface area contributed by atoms with Gasteiger partial charge < -0.3 is 5.11 Å². The molecule has 0 radical (unpaired) electrons. The van der Waals surface area contributed by atoms with E-state index in [1.165, 1.54) is 14.1 Å². The molecule has 1 atom stereocenters. The first-order chi connectivity index (χ1) is 6.75. The van der Waals surface area contributed by atoms with Gasteiger partial charge in [-0.1, -0.05) is 0 Å². The van der Waals surface area contributed by atoms with E-state index in [2.05, 4.69) is 4.72 Å². The molecule has 0 aromatic carbocycles. The van der Waals surface area contributed by atoms with Crippen LogP contribution in [-0.2, 0) is 15.0 Å². The third-order valence-electron chi connectivity index (χ3n) is 1.86. The summed E-state index contributed by atoms with van der Waals surface area (Å²) in [5.74, 6) is -0.863. The Morgan fingerprint density at radius 1 is 1.47 bits per heavy atom. The average Bonchev–Trinajstić information content (AvgIpc) is 2.01. The smallest absolute Gasteiger partial charge is 0.303 e. The van der Waals surface area contributed by atoms with E-state index in [1.54, 1.807) is 6.92 Å². The molecule has 0 spiro atoms. The van der Waals surface area contributed by atoms with E-state index in [-0.39, 0.29) is 12.5 Å². The van der Waals surface area contributed by atoms with Crippen molar-refractivity contribution in [3.63, 3.8) is 0 Å². The van der Waals surface area contributed by atoms with Crippen molar-refractivity contribution in [2.45, 2.75) is 32.2 Å². The van der Waals surface area contributed by atoms with Crippen LogP contribution >= 0.6 is 0 Å². The number of carboxylic acid groups (broad SMARTS) is 1. The highest BCUT2D eigenvalue weighted by Crippen LogP contribution is 2.02. The van der Waals surface area contributed by atoms with Gasteiger partial charge in [-0.2, -0.15) is 17.4 Å². The zero-order chi connectivity index (χ0) is 12.1. The predicted molar refractivity (Wildman–Crippen MR) is 56.7 cm³/mol. The number of aliphatic carboxylic acids is 1. The highest BCUT2D eigenvalue weighted by molar-refractivity contribution is 7.87. The summed E-state index contributed by atoms with van der Waals surface area (Å²) in [5, 5.41) is 8.40. The molecular formula is C8H18N2O4S. The fraction of sp³-hybridized carbons (Fsp3) is 0.875. The van der Waals surface area contributed by atoms with Gasteiger partial charge in [-0.15, -0.1) is 0 Å². The number of hydrogen-bond donors (Lipinski definition) is 2. The highest BCUT2D eigenvalue weighted by atomic mass is 32.2. The molecule has 0 heterocycles. The first-order valence-corrected chi connectivity index (χ1v) is 6.11. The quantitative estimate of drug-likeness (QED) is 0.655. The van der Waals surface area contributed by atoms with Crippen molar-refractivity contribution in [1.82, 2.24) is 9.03 Å². The van der Waals surface area contributed by atoms with E-state index >= 15 is 0 Å². The largest absolute Gasteiger partial charge is 0.481 e. The van der Waals surface area contributed by atoms with Crippen LogP contribution in [0.15, 0.2) is 0 Å². The molecule has 0 aliphatic rings. The minimum Gasteiger partial charge on any atom is -0.481 e. The number of carbonyl (C=O) groups is 1. The lowest BCUT2D eigenvalue weighted by molar-refractivity contribution is -0.137. The van der Waals surface area contributed by atoms with Crippen LogP contribution in [0.2, 0.25) is 0 Å². The van der Waals surface area contributed by atoms with Gasteiger partial charge in [0.15, 0.2) is 0 Å². The molecule has 0 aliphatic heterocycles. The lowest BCUT2D eigenvalue weighted by atomic mass is 10.1. The summed E-state index contributed by atoms with van der Waals surface area (Å²) in [4.78, 5) is 10.2. The highest BCUT2D eigenvalue weighted by Gasteiger charge is 2.16. The molecule has 90 valence electrons. The van der Waals surface area contributed by atoms with E-state index in [0.717, 1.165) is 4.31 Å². The van der Waals surface area contributed by atoms with Crippen molar-refractivity contribution in [2.75, 3.05) is 14.1 Å². The summed E-state index contributed by atoms with van der Waals surface area (Å²) >= 11 is 0. The molecule has 0 aromatic rings. The molecule has 0 rings (SSSR count). The molecule has 0 aromatic heterocycles. The molecular weight excluding hydrogens is 220 g/mol. The van der Waals surface area contributed by atoms with Crippen molar-refractivity contribution in [1.29, 1.82) is 0 Å². The van der Waals surface area contributed by atoms with Crippen LogP contribution in [0.4, 0.5) is 0 Å². The van der Waals surface area contributed by atoms with Gasteiger partial charge in [-0.3, -0.25) is 4.79 Å². The Kier molecular flexibility index (Phi) is 5.77. The Balaban J connectivity index is 3.94. The molecule has 1 unspecified atom stereocenters. The van der Waals surface area contributed by atoms with Crippen molar-refractivity contribution >= 4 is 16.2 Å². The summed E-state index contributed by atoms with van der Waals surface area (Å²) in [5.41, 5.74) is 0. The number of nitrogens with one attached hydrogen (secondary N) is 1. The van der Waals surface area contributed by atoms with E-state index in [0.29, 0.717) is 12.8 Å². The van der Waals surface area contributed by atoms with Crippen LogP contribution in [0, 0.1) is 0 Å². The maximum Gasteiger partial charge on any atom is 0.303 e. The van der Waals surface area contributed by atoms with Crippen LogP contribution in [0.3, 0.4) is 0 Å². The van der Waals surface area contributed by atoms with E-state index in [9.17, 15) is 13.2 Å². The number of rotatable bonds is 7. The first-order valence-electron chi connectivity index (χ1n) is 4.67. The maximum absolute atomic E-state index is 11.3. The van der Waals surface area contributed by atoms with Crippen LogP contribution in [0.1, 0.15) is 26.2 Å². The third kappa shape index (κ3) is 6.43. The molecule has 0 aliphatic carbocycles. The van der Waals surface area contributed by atoms with Crippen molar-refractivity contribution in [2.24, 2.45) is 0 Å². The average molecular weight is 238 g/mol. The second-order valence-corrected chi connectivity index (χ2v) is 5.51. The van der Waals surface area contributed by atoms with Crippen LogP contribution in [0.5, 0.6) is 0 Å². The minimum absolute atomic E-state index is 0.0635. The third-order valence-corrected chi connectivity index (χ3v) is 3.52. The lowest BCUT2D eigenvalue weighted by Gasteiger charge is -2.17. The fourth-order valence-corrected chi connectivity index (χ4v) is 1.82. The van der Waals surface area contributed by atoms with Gasteiger partial charge in [0.05, 0.1) is 0 Å². The van der Waals surface area contributed by atoms with Gasteiger partial charge in [0, 0.05) is 26.6 Å². The first kappa shape index (κ1) is 14.3. The van der Waals surface area contributed by atoms with Gasteiger partial charge in [-0.05, 0) is 19.8 Å². The SMILES string of the molecule is CC(CCCC(=O)O)NS(=O)(=O)N(C)C. The molecule has 2 N–H and O–H groups in total. The Bertz CT molecular complexity index is 300. The Hall–Kier alpha value is -0.660. The summed E-state index contributed by atoms with van der Waals surface area (Å²) in [6.07, 6.45) is 1.04. The summed E-state index contributed by atoms with van der Waals surface area (Å²) in [7, 11) is -0.539. The molecule has 0 bridgehead atoms. The van der Waals surface area contributed by atoms with Gasteiger partial charge >= 0.3 is 5.97 Å². The monoisotopic (exact) mass is 238 g/mol. The second-order valence-electron chi connectivity index (χ2n) is 3.59. The minimum atomic E-state index is -3.41. The molecule has 6 nitrogen and oxygen atoms in total. The molecule has 15 heavy (non-hydrogen) atoms. The number of nitrogens with zero attached hydrogens (tertiary/aromatic N) is 1. The summed E-state index contributed by atoms with van der Waals surface area (Å²) in [6, 6.07) is -0.253. The molecule has 7 heteroatoms. The fourth-order valence-electron chi connectivity index (χ4n) is 0.978.